The van der Waals surface area contributed by atoms with Crippen LogP contribution in [-0.2, 0) is 12.8 Å². The van der Waals surface area contributed by atoms with E-state index in [1.807, 2.05) is 52.0 Å². The van der Waals surface area contributed by atoms with E-state index < -0.39 is 0 Å². The Labute approximate surface area is 165 Å². The third-order valence-electron chi connectivity index (χ3n) is 5.09. The van der Waals surface area contributed by atoms with Crippen LogP contribution in [0.5, 0.6) is 23.0 Å². The Morgan fingerprint density at radius 2 is 0.857 bits per heavy atom. The molecule has 0 spiro atoms. The Balaban J connectivity index is 1.94. The normalized spacial score (nSPS) is 11.0. The van der Waals surface area contributed by atoms with Crippen LogP contribution in [-0.4, -0.2) is 20.4 Å². The van der Waals surface area contributed by atoms with Crippen LogP contribution in [0.4, 0.5) is 0 Å². The number of rotatable bonds is 4. The second kappa shape index (κ2) is 7.47. The largest absolute Gasteiger partial charge is 0.508 e. The highest BCUT2D eigenvalue weighted by Gasteiger charge is 2.15. The van der Waals surface area contributed by atoms with Crippen molar-refractivity contribution < 1.29 is 20.4 Å². The molecule has 0 aromatic heterocycles. The van der Waals surface area contributed by atoms with Gasteiger partial charge in [0, 0.05) is 24.0 Å². The number of benzene rings is 3. The molecule has 0 bridgehead atoms. The summed E-state index contributed by atoms with van der Waals surface area (Å²) >= 11 is 0. The lowest BCUT2D eigenvalue weighted by atomic mass is 9.95. The van der Waals surface area contributed by atoms with E-state index >= 15 is 0 Å². The van der Waals surface area contributed by atoms with E-state index in [1.165, 1.54) is 12.1 Å². The van der Waals surface area contributed by atoms with Crippen molar-refractivity contribution in [1.29, 1.82) is 0 Å². The summed E-state index contributed by atoms with van der Waals surface area (Å²) in [7, 11) is 0. The van der Waals surface area contributed by atoms with Crippen molar-refractivity contribution >= 4 is 0 Å². The molecule has 4 N–H and O–H groups in total. The van der Waals surface area contributed by atoms with Gasteiger partial charge in [0.2, 0.25) is 0 Å². The Morgan fingerprint density at radius 3 is 1.21 bits per heavy atom. The lowest BCUT2D eigenvalue weighted by molar-refractivity contribution is 0.446. The molecule has 0 unspecified atom stereocenters. The maximum Gasteiger partial charge on any atom is 0.122 e. The fourth-order valence-corrected chi connectivity index (χ4v) is 3.72. The second-order valence-electron chi connectivity index (χ2n) is 7.64. The van der Waals surface area contributed by atoms with E-state index in [1.54, 1.807) is 0 Å². The predicted octanol–water partition coefficient (Wildman–Crippen LogP) is 4.92. The Hall–Kier alpha value is -3.14. The molecule has 3 rings (SSSR count). The van der Waals surface area contributed by atoms with Gasteiger partial charge in [-0.25, -0.2) is 0 Å². The summed E-state index contributed by atoms with van der Waals surface area (Å²) in [6.45, 7) is 7.57. The van der Waals surface area contributed by atoms with E-state index in [0.717, 1.165) is 22.3 Å². The van der Waals surface area contributed by atoms with Crippen molar-refractivity contribution in [2.24, 2.45) is 0 Å². The van der Waals surface area contributed by atoms with Crippen molar-refractivity contribution in [3.05, 3.63) is 80.9 Å². The van der Waals surface area contributed by atoms with Crippen molar-refractivity contribution in [2.45, 2.75) is 40.5 Å². The lowest BCUT2D eigenvalue weighted by Crippen LogP contribution is -1.97. The standard InChI is InChI=1S/C24H26O4/c1-13-5-15(3)23(27)19(7-13)9-17-11-22(26)18(12-21(17)25)10-20-8-14(2)6-16(4)24(20)28/h5-8,11-12,25-28H,9-10H2,1-4H3. The number of hydrogen-bond acceptors (Lipinski definition) is 4. The molecule has 28 heavy (non-hydrogen) atoms. The SMILES string of the molecule is Cc1cc(C)c(O)c(Cc2cc(O)c(Cc3cc(C)cc(C)c3O)cc2O)c1. The van der Waals surface area contributed by atoms with Gasteiger partial charge in [-0.05, 0) is 62.1 Å². The quantitative estimate of drug-likeness (QED) is 0.486. The summed E-state index contributed by atoms with van der Waals surface area (Å²) in [5.41, 5.74) is 6.07. The zero-order valence-corrected chi connectivity index (χ0v) is 16.7. The van der Waals surface area contributed by atoms with Gasteiger partial charge in [0.25, 0.3) is 0 Å². The molecule has 0 saturated carbocycles. The number of hydrogen-bond donors (Lipinski definition) is 4. The fraction of sp³-hybridized carbons (Fsp3) is 0.250. The molecule has 0 saturated heterocycles. The monoisotopic (exact) mass is 378 g/mol. The number of phenolic OH excluding ortho intramolecular Hbond substituents is 4. The van der Waals surface area contributed by atoms with Gasteiger partial charge in [0.05, 0.1) is 0 Å². The third kappa shape index (κ3) is 3.91. The highest BCUT2D eigenvalue weighted by molar-refractivity contribution is 5.53. The zero-order valence-electron chi connectivity index (χ0n) is 16.7. The molecule has 4 nitrogen and oxygen atoms in total. The average molecular weight is 378 g/mol. The van der Waals surface area contributed by atoms with Crippen molar-refractivity contribution in [3.63, 3.8) is 0 Å². The minimum absolute atomic E-state index is 0.0511. The second-order valence-corrected chi connectivity index (χ2v) is 7.64. The van der Waals surface area contributed by atoms with Crippen LogP contribution in [0, 0.1) is 27.7 Å². The number of aromatic hydroxyl groups is 4. The van der Waals surface area contributed by atoms with Crippen molar-refractivity contribution in [3.8, 4) is 23.0 Å². The topological polar surface area (TPSA) is 80.9 Å². The molecule has 0 radical (unpaired) electrons. The Kier molecular flexibility index (Phi) is 5.23. The van der Waals surface area contributed by atoms with E-state index in [2.05, 4.69) is 0 Å². The number of phenols is 4. The van der Waals surface area contributed by atoms with E-state index in [0.29, 0.717) is 35.1 Å². The minimum atomic E-state index is 0.0511. The predicted molar refractivity (Wildman–Crippen MR) is 111 cm³/mol. The van der Waals surface area contributed by atoms with E-state index in [4.69, 9.17) is 0 Å². The molecular weight excluding hydrogens is 352 g/mol. The first-order valence-corrected chi connectivity index (χ1v) is 9.27. The molecule has 3 aromatic rings. The van der Waals surface area contributed by atoms with Gasteiger partial charge in [-0.3, -0.25) is 0 Å². The van der Waals surface area contributed by atoms with Gasteiger partial charge in [-0.1, -0.05) is 35.4 Å². The smallest absolute Gasteiger partial charge is 0.122 e. The molecule has 0 aliphatic carbocycles. The highest BCUT2D eigenvalue weighted by Crippen LogP contribution is 2.35. The minimum Gasteiger partial charge on any atom is -0.508 e. The summed E-state index contributed by atoms with van der Waals surface area (Å²) < 4.78 is 0. The molecule has 0 amide bonds. The van der Waals surface area contributed by atoms with Gasteiger partial charge in [-0.2, -0.15) is 0 Å². The first-order valence-electron chi connectivity index (χ1n) is 9.27. The van der Waals surface area contributed by atoms with Crippen LogP contribution in [0.15, 0.2) is 36.4 Å². The zero-order chi connectivity index (χ0) is 20.6. The summed E-state index contributed by atoms with van der Waals surface area (Å²) in [6, 6.07) is 10.6. The fourth-order valence-electron chi connectivity index (χ4n) is 3.72. The maximum absolute atomic E-state index is 10.5. The van der Waals surface area contributed by atoms with Crippen LogP contribution in [0.1, 0.15) is 44.5 Å². The van der Waals surface area contributed by atoms with Gasteiger partial charge in [0.15, 0.2) is 0 Å². The van der Waals surface area contributed by atoms with E-state index in [9.17, 15) is 20.4 Å². The molecule has 0 aliphatic rings. The first-order chi connectivity index (χ1) is 13.2. The van der Waals surface area contributed by atoms with Gasteiger partial charge >= 0.3 is 0 Å². The van der Waals surface area contributed by atoms with Crippen molar-refractivity contribution in [1.82, 2.24) is 0 Å². The third-order valence-corrected chi connectivity index (χ3v) is 5.09. The van der Waals surface area contributed by atoms with Gasteiger partial charge in [-0.15, -0.1) is 0 Å². The van der Waals surface area contributed by atoms with E-state index in [-0.39, 0.29) is 23.0 Å². The average Bonchev–Trinajstić information content (AvgIpc) is 2.60. The molecule has 4 heteroatoms. The summed E-state index contributed by atoms with van der Waals surface area (Å²) in [6.07, 6.45) is 0.617. The first kappa shape index (κ1) is 19.6. The lowest BCUT2D eigenvalue weighted by Gasteiger charge is -2.14. The van der Waals surface area contributed by atoms with Crippen LogP contribution in [0.2, 0.25) is 0 Å². The molecule has 3 aromatic carbocycles. The Morgan fingerprint density at radius 1 is 0.500 bits per heavy atom. The molecule has 0 heterocycles. The molecular formula is C24H26O4. The van der Waals surface area contributed by atoms with Crippen LogP contribution >= 0.6 is 0 Å². The molecule has 0 fully saturated rings. The molecule has 0 atom stereocenters. The Bertz CT molecular complexity index is 966. The van der Waals surface area contributed by atoms with Gasteiger partial charge in [0.1, 0.15) is 23.0 Å². The van der Waals surface area contributed by atoms with Crippen LogP contribution in [0.3, 0.4) is 0 Å². The number of aryl methyl sites for hydroxylation is 4. The van der Waals surface area contributed by atoms with Gasteiger partial charge < -0.3 is 20.4 Å². The highest BCUT2D eigenvalue weighted by atomic mass is 16.3. The summed E-state index contributed by atoms with van der Waals surface area (Å²) in [4.78, 5) is 0. The molecule has 0 aliphatic heterocycles. The summed E-state index contributed by atoms with van der Waals surface area (Å²) in [5.74, 6) is 0.507. The van der Waals surface area contributed by atoms with Crippen LogP contribution < -0.4 is 0 Å². The summed E-state index contributed by atoms with van der Waals surface area (Å²) in [5, 5.41) is 41.6. The maximum atomic E-state index is 10.5. The molecule has 146 valence electrons. The van der Waals surface area contributed by atoms with Crippen LogP contribution in [0.25, 0.3) is 0 Å². The van der Waals surface area contributed by atoms with Crippen molar-refractivity contribution in [2.75, 3.05) is 0 Å².